The normalized spacial score (nSPS) is 19.4. The number of rotatable bonds is 2. The lowest BCUT2D eigenvalue weighted by Crippen LogP contribution is -2.57. The number of nitrogens with zero attached hydrogens (tertiary/aromatic N) is 3. The number of aromatic nitrogens is 2. The Morgan fingerprint density at radius 2 is 2.14 bits per heavy atom. The first-order valence-electron chi connectivity index (χ1n) is 6.86. The number of nitrogen functional groups attached to an aromatic ring is 2. The van der Waals surface area contributed by atoms with Crippen LogP contribution in [-0.4, -0.2) is 47.2 Å². The summed E-state index contributed by atoms with van der Waals surface area (Å²) in [5.41, 5.74) is 11.4. The Hall–Kier alpha value is -2.09. The number of nitrogens with two attached hydrogens (primary N) is 2. The van der Waals surface area contributed by atoms with Crippen molar-refractivity contribution in [1.29, 1.82) is 0 Å². The van der Waals surface area contributed by atoms with Gasteiger partial charge in [0.05, 0.1) is 0 Å². The summed E-state index contributed by atoms with van der Waals surface area (Å²) in [6, 6.07) is -0.491. The van der Waals surface area contributed by atoms with Crippen LogP contribution in [0.4, 0.5) is 17.3 Å². The van der Waals surface area contributed by atoms with E-state index in [1.54, 1.807) is 0 Å². The molecule has 0 bridgehead atoms. The number of ether oxygens (including phenoxy) is 1. The third kappa shape index (κ3) is 3.52. The number of anilines is 3. The number of nitrogens with one attached hydrogen (secondary N) is 1. The van der Waals surface area contributed by atoms with Crippen LogP contribution in [0.5, 0.6) is 0 Å². The second-order valence-electron chi connectivity index (χ2n) is 5.94. The fraction of sp³-hybridized carbons (Fsp3) is 0.615. The van der Waals surface area contributed by atoms with E-state index in [0.717, 1.165) is 6.54 Å². The first-order valence-corrected chi connectivity index (χ1v) is 6.86. The molecule has 1 aliphatic heterocycles. The summed E-state index contributed by atoms with van der Waals surface area (Å²) in [7, 11) is 0. The van der Waals surface area contributed by atoms with Gasteiger partial charge in [0.15, 0.2) is 11.6 Å². The monoisotopic (exact) mass is 294 g/mol. The third-order valence-electron chi connectivity index (χ3n) is 3.09. The lowest BCUT2D eigenvalue weighted by Gasteiger charge is -2.37. The average molecular weight is 294 g/mol. The van der Waals surface area contributed by atoms with Crippen LogP contribution in [0.25, 0.3) is 0 Å². The molecule has 1 fully saturated rings. The summed E-state index contributed by atoms with van der Waals surface area (Å²) in [6.45, 7) is 7.29. The van der Waals surface area contributed by atoms with E-state index >= 15 is 0 Å². The molecule has 1 unspecified atom stereocenters. The molecule has 5 N–H and O–H groups in total. The van der Waals surface area contributed by atoms with Gasteiger partial charge < -0.3 is 26.4 Å². The van der Waals surface area contributed by atoms with Crippen LogP contribution in [0.3, 0.4) is 0 Å². The third-order valence-corrected chi connectivity index (χ3v) is 3.09. The van der Waals surface area contributed by atoms with E-state index < -0.39 is 11.6 Å². The molecule has 1 saturated heterocycles. The van der Waals surface area contributed by atoms with E-state index in [2.05, 4.69) is 15.3 Å². The van der Waals surface area contributed by atoms with Gasteiger partial charge in [-0.15, -0.1) is 0 Å². The van der Waals surface area contributed by atoms with E-state index in [9.17, 15) is 4.79 Å². The molecule has 0 aromatic carbocycles. The van der Waals surface area contributed by atoms with Gasteiger partial charge in [0.1, 0.15) is 23.7 Å². The molecular formula is C13H22N6O2. The van der Waals surface area contributed by atoms with Crippen LogP contribution < -0.4 is 21.7 Å². The first-order chi connectivity index (χ1) is 9.79. The van der Waals surface area contributed by atoms with Crippen LogP contribution in [0.1, 0.15) is 20.8 Å². The van der Waals surface area contributed by atoms with Crippen LogP contribution in [0.15, 0.2) is 6.33 Å². The maximum Gasteiger partial charge on any atom is 0.330 e. The maximum atomic E-state index is 12.4. The van der Waals surface area contributed by atoms with E-state index in [4.69, 9.17) is 16.2 Å². The van der Waals surface area contributed by atoms with Gasteiger partial charge in [-0.2, -0.15) is 0 Å². The predicted molar refractivity (Wildman–Crippen MR) is 80.7 cm³/mol. The summed E-state index contributed by atoms with van der Waals surface area (Å²) >= 11 is 0. The fourth-order valence-corrected chi connectivity index (χ4v) is 2.17. The number of hydrogen-bond donors (Lipinski definition) is 3. The number of carbonyl (C=O) groups is 1. The molecule has 0 radical (unpaired) electrons. The summed E-state index contributed by atoms with van der Waals surface area (Å²) in [6.07, 6.45) is 1.34. The zero-order valence-electron chi connectivity index (χ0n) is 12.6. The van der Waals surface area contributed by atoms with Crippen LogP contribution in [-0.2, 0) is 9.53 Å². The van der Waals surface area contributed by atoms with E-state index in [1.807, 2.05) is 25.7 Å². The highest BCUT2D eigenvalue weighted by molar-refractivity contribution is 5.84. The van der Waals surface area contributed by atoms with Crippen molar-refractivity contribution in [3.63, 3.8) is 0 Å². The molecule has 116 valence electrons. The Morgan fingerprint density at radius 3 is 2.81 bits per heavy atom. The molecule has 2 rings (SSSR count). The second-order valence-corrected chi connectivity index (χ2v) is 5.94. The summed E-state index contributed by atoms with van der Waals surface area (Å²) in [4.78, 5) is 22.2. The van der Waals surface area contributed by atoms with Crippen LogP contribution in [0, 0.1) is 0 Å². The molecular weight excluding hydrogens is 272 g/mol. The summed E-state index contributed by atoms with van der Waals surface area (Å²) in [5.74, 6) is 0.368. The number of piperazine rings is 1. The Balaban J connectivity index is 2.27. The molecule has 0 aliphatic carbocycles. The molecule has 2 heterocycles. The van der Waals surface area contributed by atoms with Gasteiger partial charge in [-0.3, -0.25) is 0 Å². The topological polar surface area (TPSA) is 119 Å². The minimum absolute atomic E-state index is 0.210. The number of carbonyl (C=O) groups excluding carboxylic acids is 1. The molecule has 0 amide bonds. The zero-order valence-corrected chi connectivity index (χ0v) is 12.6. The van der Waals surface area contributed by atoms with Crippen molar-refractivity contribution in [3.8, 4) is 0 Å². The molecule has 0 saturated carbocycles. The van der Waals surface area contributed by atoms with Gasteiger partial charge >= 0.3 is 5.97 Å². The summed E-state index contributed by atoms with van der Waals surface area (Å²) < 4.78 is 5.46. The highest BCUT2D eigenvalue weighted by Crippen LogP contribution is 2.27. The Labute approximate surface area is 123 Å². The van der Waals surface area contributed by atoms with Crippen molar-refractivity contribution in [2.45, 2.75) is 32.4 Å². The van der Waals surface area contributed by atoms with Crippen molar-refractivity contribution in [2.75, 3.05) is 36.0 Å². The highest BCUT2D eigenvalue weighted by atomic mass is 16.6. The van der Waals surface area contributed by atoms with Crippen molar-refractivity contribution < 1.29 is 9.53 Å². The molecule has 8 nitrogen and oxygen atoms in total. The SMILES string of the molecule is CC(C)(C)OC(=O)C1CNCCN1c1ncnc(N)c1N. The molecule has 21 heavy (non-hydrogen) atoms. The molecule has 0 spiro atoms. The first kappa shape index (κ1) is 15.3. The smallest absolute Gasteiger partial charge is 0.330 e. The number of hydrogen-bond acceptors (Lipinski definition) is 8. The fourth-order valence-electron chi connectivity index (χ4n) is 2.17. The average Bonchev–Trinajstić information content (AvgIpc) is 2.40. The van der Waals surface area contributed by atoms with Crippen LogP contribution in [0.2, 0.25) is 0 Å². The molecule has 1 aromatic heterocycles. The quantitative estimate of drug-likeness (QED) is 0.639. The molecule has 1 atom stereocenters. The minimum Gasteiger partial charge on any atom is -0.458 e. The van der Waals surface area contributed by atoms with Gasteiger partial charge in [0, 0.05) is 19.6 Å². The lowest BCUT2D eigenvalue weighted by molar-refractivity contribution is -0.156. The van der Waals surface area contributed by atoms with Gasteiger partial charge in [-0.1, -0.05) is 0 Å². The maximum absolute atomic E-state index is 12.4. The summed E-state index contributed by atoms with van der Waals surface area (Å²) in [5, 5.41) is 3.18. The van der Waals surface area contributed by atoms with E-state index in [0.29, 0.717) is 18.9 Å². The van der Waals surface area contributed by atoms with Gasteiger partial charge in [0.25, 0.3) is 0 Å². The van der Waals surface area contributed by atoms with Gasteiger partial charge in [0.2, 0.25) is 0 Å². The number of esters is 1. The van der Waals surface area contributed by atoms with Crippen molar-refractivity contribution in [1.82, 2.24) is 15.3 Å². The van der Waals surface area contributed by atoms with E-state index in [1.165, 1.54) is 6.33 Å². The van der Waals surface area contributed by atoms with Gasteiger partial charge in [-0.25, -0.2) is 14.8 Å². The van der Waals surface area contributed by atoms with Crippen LogP contribution >= 0.6 is 0 Å². The molecule has 1 aliphatic rings. The second kappa shape index (κ2) is 5.72. The van der Waals surface area contributed by atoms with Crippen molar-refractivity contribution in [2.24, 2.45) is 0 Å². The van der Waals surface area contributed by atoms with E-state index in [-0.39, 0.29) is 17.5 Å². The highest BCUT2D eigenvalue weighted by Gasteiger charge is 2.34. The van der Waals surface area contributed by atoms with Crippen molar-refractivity contribution in [3.05, 3.63) is 6.33 Å². The minimum atomic E-state index is -0.545. The molecule has 1 aromatic rings. The Morgan fingerprint density at radius 1 is 1.43 bits per heavy atom. The largest absolute Gasteiger partial charge is 0.458 e. The predicted octanol–water partition coefficient (Wildman–Crippen LogP) is -0.239. The Kier molecular flexibility index (Phi) is 4.17. The van der Waals surface area contributed by atoms with Gasteiger partial charge in [-0.05, 0) is 20.8 Å². The zero-order chi connectivity index (χ0) is 15.6. The van der Waals surface area contributed by atoms with Crippen molar-refractivity contribution >= 4 is 23.3 Å². The standard InChI is InChI=1S/C13H22N6O2/c1-13(2,3)21-12(20)8-6-16-4-5-19(8)11-9(14)10(15)17-7-18-11/h7-8,16H,4-6,14H2,1-3H3,(H2,15,17,18). The molecule has 8 heteroatoms. The Bertz CT molecular complexity index is 528. The lowest BCUT2D eigenvalue weighted by atomic mass is 10.1.